The van der Waals surface area contributed by atoms with Gasteiger partial charge in [-0.3, -0.25) is 9.78 Å². The van der Waals surface area contributed by atoms with E-state index in [4.69, 9.17) is 4.74 Å². The number of nitrogens with one attached hydrogen (secondary N) is 1. The molecule has 1 aliphatic rings. The number of rotatable bonds is 4. The number of aromatic amines is 1. The van der Waals surface area contributed by atoms with E-state index < -0.39 is 0 Å². The van der Waals surface area contributed by atoms with E-state index >= 15 is 0 Å². The summed E-state index contributed by atoms with van der Waals surface area (Å²) in [7, 11) is 1.64. The number of H-pyrrole nitrogens is 1. The topological polar surface area (TPSA) is 58.2 Å². The maximum Gasteiger partial charge on any atom is 0.227 e. The highest BCUT2D eigenvalue weighted by Crippen LogP contribution is 2.28. The minimum absolute atomic E-state index is 0.155. The summed E-state index contributed by atoms with van der Waals surface area (Å²) in [6.45, 7) is 1.38. The summed E-state index contributed by atoms with van der Waals surface area (Å²) >= 11 is 0. The summed E-state index contributed by atoms with van der Waals surface area (Å²) in [5, 5.41) is 0. The van der Waals surface area contributed by atoms with Gasteiger partial charge in [0, 0.05) is 31.0 Å². The van der Waals surface area contributed by atoms with Crippen LogP contribution < -0.4 is 4.74 Å². The number of hydrogen-bond acceptors (Lipinski definition) is 3. The molecule has 0 saturated carbocycles. The van der Waals surface area contributed by atoms with Gasteiger partial charge in [0.25, 0.3) is 0 Å². The smallest absolute Gasteiger partial charge is 0.227 e. The summed E-state index contributed by atoms with van der Waals surface area (Å²) in [5.74, 6) is 0.960. The standard InChI is InChI=1S/C21H21N3O2/c1-26-17-6-4-15(5-7-17)13-20(25)24-11-8-16(9-12-24)18-14-23-19-3-2-10-22-21(18)19/h2-8,10,14,23H,9,11-13H2,1H3. The van der Waals surface area contributed by atoms with Gasteiger partial charge in [-0.1, -0.05) is 18.2 Å². The fraction of sp³-hybridized carbons (Fsp3) is 0.238. The second-order valence-corrected chi connectivity index (χ2v) is 6.45. The van der Waals surface area contributed by atoms with Gasteiger partial charge in [-0.25, -0.2) is 0 Å². The average Bonchev–Trinajstić information content (AvgIpc) is 3.13. The maximum absolute atomic E-state index is 12.6. The van der Waals surface area contributed by atoms with Crippen LogP contribution in [0.5, 0.6) is 5.75 Å². The third-order valence-electron chi connectivity index (χ3n) is 4.86. The Morgan fingerprint density at radius 1 is 1.27 bits per heavy atom. The molecule has 0 aliphatic carbocycles. The van der Waals surface area contributed by atoms with Gasteiger partial charge in [-0.05, 0) is 41.8 Å². The molecular formula is C21H21N3O2. The molecule has 0 unspecified atom stereocenters. The largest absolute Gasteiger partial charge is 0.497 e. The molecule has 132 valence electrons. The van der Waals surface area contributed by atoms with Crippen molar-refractivity contribution in [3.63, 3.8) is 0 Å². The Bertz CT molecular complexity index is 957. The first-order chi connectivity index (χ1) is 12.7. The number of carbonyl (C=O) groups excluding carboxylic acids is 1. The molecule has 2 aromatic heterocycles. The first-order valence-electron chi connectivity index (χ1n) is 8.77. The van der Waals surface area contributed by atoms with Crippen molar-refractivity contribution in [1.29, 1.82) is 0 Å². The van der Waals surface area contributed by atoms with Crippen LogP contribution in [-0.2, 0) is 11.2 Å². The predicted molar refractivity (Wildman–Crippen MR) is 102 cm³/mol. The van der Waals surface area contributed by atoms with Gasteiger partial charge in [0.15, 0.2) is 0 Å². The molecule has 0 saturated heterocycles. The van der Waals surface area contributed by atoms with Crippen molar-refractivity contribution in [1.82, 2.24) is 14.9 Å². The Morgan fingerprint density at radius 3 is 2.85 bits per heavy atom. The molecule has 1 aliphatic heterocycles. The molecule has 0 fully saturated rings. The van der Waals surface area contributed by atoms with E-state index in [-0.39, 0.29) is 5.91 Å². The molecule has 1 amide bonds. The number of benzene rings is 1. The second-order valence-electron chi connectivity index (χ2n) is 6.45. The lowest BCUT2D eigenvalue weighted by Crippen LogP contribution is -2.35. The van der Waals surface area contributed by atoms with E-state index in [9.17, 15) is 4.79 Å². The zero-order chi connectivity index (χ0) is 17.9. The molecule has 0 spiro atoms. The molecule has 1 aromatic carbocycles. The Balaban J connectivity index is 1.44. The highest BCUT2D eigenvalue weighted by atomic mass is 16.5. The van der Waals surface area contributed by atoms with Gasteiger partial charge >= 0.3 is 0 Å². The molecule has 0 radical (unpaired) electrons. The summed E-state index contributed by atoms with van der Waals surface area (Å²) in [5.41, 5.74) is 5.44. The van der Waals surface area contributed by atoms with E-state index in [0.29, 0.717) is 13.0 Å². The van der Waals surface area contributed by atoms with Crippen LogP contribution in [0, 0.1) is 0 Å². The molecule has 4 rings (SSSR count). The Kier molecular flexibility index (Phi) is 4.44. The Labute approximate surface area is 152 Å². The van der Waals surface area contributed by atoms with Crippen molar-refractivity contribution in [3.8, 4) is 5.75 Å². The molecule has 26 heavy (non-hydrogen) atoms. The average molecular weight is 347 g/mol. The Hall–Kier alpha value is -3.08. The van der Waals surface area contributed by atoms with Crippen molar-refractivity contribution in [2.24, 2.45) is 0 Å². The van der Waals surface area contributed by atoms with Crippen LogP contribution >= 0.6 is 0 Å². The molecule has 3 aromatic rings. The van der Waals surface area contributed by atoms with E-state index in [2.05, 4.69) is 16.0 Å². The number of carbonyl (C=O) groups is 1. The third kappa shape index (κ3) is 3.20. The lowest BCUT2D eigenvalue weighted by Gasteiger charge is -2.26. The van der Waals surface area contributed by atoms with Crippen molar-refractivity contribution in [2.45, 2.75) is 12.8 Å². The number of fused-ring (bicyclic) bond motifs is 1. The zero-order valence-corrected chi connectivity index (χ0v) is 14.7. The van der Waals surface area contributed by atoms with Crippen molar-refractivity contribution >= 4 is 22.5 Å². The zero-order valence-electron chi connectivity index (χ0n) is 14.7. The molecular weight excluding hydrogens is 326 g/mol. The molecule has 1 N–H and O–H groups in total. The number of ether oxygens (including phenoxy) is 1. The normalized spacial score (nSPS) is 14.3. The van der Waals surface area contributed by atoms with E-state index in [1.807, 2.05) is 53.7 Å². The fourth-order valence-corrected chi connectivity index (χ4v) is 3.37. The summed E-state index contributed by atoms with van der Waals surface area (Å²) in [4.78, 5) is 22.2. The number of pyridine rings is 1. The molecule has 0 bridgehead atoms. The van der Waals surface area contributed by atoms with Crippen LogP contribution in [0.2, 0.25) is 0 Å². The first-order valence-corrected chi connectivity index (χ1v) is 8.77. The summed E-state index contributed by atoms with van der Waals surface area (Å²) in [6.07, 6.45) is 7.23. The highest BCUT2D eigenvalue weighted by molar-refractivity contribution is 5.90. The van der Waals surface area contributed by atoms with Crippen molar-refractivity contribution in [3.05, 3.63) is 66.0 Å². The lowest BCUT2D eigenvalue weighted by molar-refractivity contribution is -0.130. The van der Waals surface area contributed by atoms with Gasteiger partial charge in [-0.2, -0.15) is 0 Å². The van der Waals surface area contributed by atoms with Gasteiger partial charge in [0.1, 0.15) is 5.75 Å². The van der Waals surface area contributed by atoms with Crippen LogP contribution in [0.25, 0.3) is 16.6 Å². The summed E-state index contributed by atoms with van der Waals surface area (Å²) in [6, 6.07) is 11.6. The van der Waals surface area contributed by atoms with E-state index in [0.717, 1.165) is 40.9 Å². The number of nitrogens with zero attached hydrogens (tertiary/aromatic N) is 2. The summed E-state index contributed by atoms with van der Waals surface area (Å²) < 4.78 is 5.16. The Morgan fingerprint density at radius 2 is 2.12 bits per heavy atom. The van der Waals surface area contributed by atoms with Gasteiger partial charge in [0.2, 0.25) is 5.91 Å². The molecule has 5 heteroatoms. The molecule has 3 heterocycles. The first kappa shape index (κ1) is 16.4. The maximum atomic E-state index is 12.6. The van der Waals surface area contributed by atoms with Crippen LogP contribution in [0.3, 0.4) is 0 Å². The van der Waals surface area contributed by atoms with Gasteiger partial charge in [0.05, 0.1) is 24.6 Å². The predicted octanol–water partition coefficient (Wildman–Crippen LogP) is 3.43. The van der Waals surface area contributed by atoms with Crippen molar-refractivity contribution < 1.29 is 9.53 Å². The van der Waals surface area contributed by atoms with Crippen LogP contribution in [0.15, 0.2) is 54.9 Å². The van der Waals surface area contributed by atoms with Gasteiger partial charge in [-0.15, -0.1) is 0 Å². The SMILES string of the molecule is COc1ccc(CC(=O)N2CC=C(c3c[nH]c4cccnc34)CC2)cc1. The lowest BCUT2D eigenvalue weighted by atomic mass is 10.0. The number of amides is 1. The third-order valence-corrected chi connectivity index (χ3v) is 4.86. The van der Waals surface area contributed by atoms with Crippen molar-refractivity contribution in [2.75, 3.05) is 20.2 Å². The molecule has 5 nitrogen and oxygen atoms in total. The quantitative estimate of drug-likeness (QED) is 0.787. The van der Waals surface area contributed by atoms with E-state index in [1.54, 1.807) is 7.11 Å². The monoisotopic (exact) mass is 347 g/mol. The van der Waals surface area contributed by atoms with Crippen LogP contribution in [0.4, 0.5) is 0 Å². The van der Waals surface area contributed by atoms with Crippen LogP contribution in [-0.4, -0.2) is 41.0 Å². The van der Waals surface area contributed by atoms with E-state index in [1.165, 1.54) is 5.57 Å². The molecule has 0 atom stereocenters. The fourth-order valence-electron chi connectivity index (χ4n) is 3.37. The minimum Gasteiger partial charge on any atom is -0.497 e. The number of hydrogen-bond donors (Lipinski definition) is 1. The van der Waals surface area contributed by atoms with Gasteiger partial charge < -0.3 is 14.6 Å². The minimum atomic E-state index is 0.155. The number of methoxy groups -OCH3 is 1. The number of aromatic nitrogens is 2. The van der Waals surface area contributed by atoms with Crippen LogP contribution in [0.1, 0.15) is 17.5 Å². The second kappa shape index (κ2) is 7.04. The highest BCUT2D eigenvalue weighted by Gasteiger charge is 2.19.